The van der Waals surface area contributed by atoms with Crippen molar-refractivity contribution < 1.29 is 14.3 Å². The molecule has 1 atom stereocenters. The molecular weight excluding hydrogens is 386 g/mol. The summed E-state index contributed by atoms with van der Waals surface area (Å²) in [4.78, 5) is 20.7. The smallest absolute Gasteiger partial charge is 0.263 e. The topological polar surface area (TPSA) is 45.3 Å². The zero-order valence-electron chi connectivity index (χ0n) is 16.6. The van der Waals surface area contributed by atoms with Crippen LogP contribution < -0.4 is 9.47 Å². The summed E-state index contributed by atoms with van der Waals surface area (Å²) in [5.74, 6) is 1.91. The van der Waals surface area contributed by atoms with Crippen molar-refractivity contribution in [2.24, 2.45) is 0 Å². The highest BCUT2D eigenvalue weighted by Gasteiger charge is 2.30. The number of fused-ring (bicyclic) bond motifs is 1. The highest BCUT2D eigenvalue weighted by atomic mass is 32.1. The monoisotopic (exact) mass is 413 g/mol. The molecule has 0 spiro atoms. The van der Waals surface area contributed by atoms with Gasteiger partial charge in [0, 0.05) is 51.9 Å². The van der Waals surface area contributed by atoms with Crippen LogP contribution in [0, 0.1) is 0 Å². The molecule has 0 radical (unpaired) electrons. The Hall–Kier alpha value is -2.09. The van der Waals surface area contributed by atoms with Gasteiger partial charge in [-0.05, 0) is 42.0 Å². The van der Waals surface area contributed by atoms with Gasteiger partial charge in [-0.2, -0.15) is 0 Å². The summed E-state index contributed by atoms with van der Waals surface area (Å²) in [5.41, 5.74) is 1.27. The number of piperazine rings is 1. The average Bonchev–Trinajstić information content (AvgIpc) is 3.46. The van der Waals surface area contributed by atoms with Gasteiger partial charge in [0.2, 0.25) is 6.79 Å². The summed E-state index contributed by atoms with van der Waals surface area (Å²) in [7, 11) is 0. The van der Waals surface area contributed by atoms with Crippen molar-refractivity contribution in [3.63, 3.8) is 0 Å². The van der Waals surface area contributed by atoms with Crippen molar-refractivity contribution in [3.8, 4) is 11.5 Å². The fraction of sp³-hybridized carbons (Fsp3) is 0.500. The molecule has 3 aliphatic rings. The zero-order chi connectivity index (χ0) is 19.6. The van der Waals surface area contributed by atoms with Gasteiger partial charge in [0.1, 0.15) is 0 Å². The number of thiophene rings is 1. The summed E-state index contributed by atoms with van der Waals surface area (Å²) < 4.78 is 10.9. The van der Waals surface area contributed by atoms with Gasteiger partial charge in [-0.15, -0.1) is 11.3 Å². The number of ether oxygens (including phenoxy) is 2. The molecule has 2 fully saturated rings. The molecule has 0 saturated carbocycles. The third kappa shape index (κ3) is 4.13. The van der Waals surface area contributed by atoms with E-state index >= 15 is 0 Å². The molecule has 0 unspecified atom stereocenters. The van der Waals surface area contributed by atoms with Crippen LogP contribution in [0.25, 0.3) is 0 Å². The molecule has 0 N–H and O–H groups in total. The Kier molecular flexibility index (Phi) is 5.44. The van der Waals surface area contributed by atoms with E-state index in [1.165, 1.54) is 12.0 Å². The lowest BCUT2D eigenvalue weighted by atomic mass is 10.0. The Labute approximate surface area is 175 Å². The van der Waals surface area contributed by atoms with E-state index in [1.807, 2.05) is 23.6 Å². The maximum atomic E-state index is 12.7. The first-order chi connectivity index (χ1) is 14.3. The van der Waals surface area contributed by atoms with E-state index in [0.29, 0.717) is 12.8 Å². The molecule has 3 aliphatic heterocycles. The second-order valence-corrected chi connectivity index (χ2v) is 8.97. The first-order valence-corrected chi connectivity index (χ1v) is 11.3. The minimum Gasteiger partial charge on any atom is -0.454 e. The van der Waals surface area contributed by atoms with Gasteiger partial charge in [-0.3, -0.25) is 14.6 Å². The number of amides is 1. The SMILES string of the molecule is O=C(c1cccs1)N1CCC[C@@H](N2CCN(Cc3ccc4c(c3)OCO4)CC2)C1. The fourth-order valence-corrected chi connectivity index (χ4v) is 5.27. The first-order valence-electron chi connectivity index (χ1n) is 10.4. The van der Waals surface area contributed by atoms with Gasteiger partial charge < -0.3 is 14.4 Å². The highest BCUT2D eigenvalue weighted by molar-refractivity contribution is 7.12. The Bertz CT molecular complexity index is 849. The normalized spacial score (nSPS) is 22.8. The lowest BCUT2D eigenvalue weighted by molar-refractivity contribution is 0.0410. The van der Waals surface area contributed by atoms with Crippen molar-refractivity contribution in [2.45, 2.75) is 25.4 Å². The van der Waals surface area contributed by atoms with E-state index in [2.05, 4.69) is 26.8 Å². The van der Waals surface area contributed by atoms with Gasteiger partial charge in [-0.1, -0.05) is 12.1 Å². The van der Waals surface area contributed by atoms with Crippen molar-refractivity contribution in [2.75, 3.05) is 46.1 Å². The second kappa shape index (κ2) is 8.34. The van der Waals surface area contributed by atoms with Gasteiger partial charge in [0.15, 0.2) is 11.5 Å². The number of piperidine rings is 1. The largest absolute Gasteiger partial charge is 0.454 e. The van der Waals surface area contributed by atoms with Crippen molar-refractivity contribution in [3.05, 3.63) is 46.2 Å². The van der Waals surface area contributed by atoms with Gasteiger partial charge >= 0.3 is 0 Å². The van der Waals surface area contributed by atoms with Crippen molar-refractivity contribution in [1.82, 2.24) is 14.7 Å². The minimum atomic E-state index is 0.200. The molecule has 0 aliphatic carbocycles. The molecule has 2 aromatic rings. The van der Waals surface area contributed by atoms with Gasteiger partial charge in [0.05, 0.1) is 4.88 Å². The third-order valence-corrected chi connectivity index (χ3v) is 7.04. The second-order valence-electron chi connectivity index (χ2n) is 8.02. The lowest BCUT2D eigenvalue weighted by Crippen LogP contribution is -2.55. The molecule has 6 nitrogen and oxygen atoms in total. The average molecular weight is 414 g/mol. The Morgan fingerprint density at radius 1 is 1.07 bits per heavy atom. The molecule has 5 rings (SSSR count). The maximum Gasteiger partial charge on any atom is 0.263 e. The van der Waals surface area contributed by atoms with Crippen LogP contribution in [0.5, 0.6) is 11.5 Å². The molecule has 4 heterocycles. The van der Waals surface area contributed by atoms with Crippen molar-refractivity contribution >= 4 is 17.2 Å². The van der Waals surface area contributed by atoms with E-state index in [-0.39, 0.29) is 5.91 Å². The predicted molar refractivity (Wildman–Crippen MR) is 113 cm³/mol. The number of likely N-dealkylation sites (tertiary alicyclic amines) is 1. The standard InChI is InChI=1S/C22H27N3O3S/c26-22(21-4-2-12-29-21)25-7-1-3-18(15-25)24-10-8-23(9-11-24)14-17-5-6-19-20(13-17)28-16-27-19/h2,4-6,12-13,18H,1,3,7-11,14-16H2/t18-/m1/s1. The van der Waals surface area contributed by atoms with E-state index in [4.69, 9.17) is 9.47 Å². The Morgan fingerprint density at radius 2 is 1.93 bits per heavy atom. The third-order valence-electron chi connectivity index (χ3n) is 6.18. The van der Waals surface area contributed by atoms with Gasteiger partial charge in [-0.25, -0.2) is 0 Å². The van der Waals surface area contributed by atoms with Crippen LogP contribution in [0.1, 0.15) is 28.1 Å². The van der Waals surface area contributed by atoms with E-state index in [1.54, 1.807) is 11.3 Å². The lowest BCUT2D eigenvalue weighted by Gasteiger charge is -2.43. The number of nitrogens with zero attached hydrogens (tertiary/aromatic N) is 3. The Balaban J connectivity index is 1.14. The molecule has 1 aromatic heterocycles. The van der Waals surface area contributed by atoms with Crippen LogP contribution in [0.15, 0.2) is 35.7 Å². The van der Waals surface area contributed by atoms with E-state index in [0.717, 1.165) is 68.6 Å². The highest BCUT2D eigenvalue weighted by Crippen LogP contribution is 2.33. The number of benzene rings is 1. The summed E-state index contributed by atoms with van der Waals surface area (Å²) in [6, 6.07) is 10.6. The number of hydrogen-bond acceptors (Lipinski definition) is 6. The number of rotatable bonds is 4. The molecule has 7 heteroatoms. The summed E-state index contributed by atoms with van der Waals surface area (Å²) in [6.45, 7) is 7.26. The number of hydrogen-bond donors (Lipinski definition) is 0. The predicted octanol–water partition coefficient (Wildman–Crippen LogP) is 2.90. The summed E-state index contributed by atoms with van der Waals surface area (Å²) in [5, 5.41) is 1.98. The molecule has 2 saturated heterocycles. The first kappa shape index (κ1) is 18.9. The summed E-state index contributed by atoms with van der Waals surface area (Å²) in [6.07, 6.45) is 2.29. The number of carbonyl (C=O) groups excluding carboxylic acids is 1. The maximum absolute atomic E-state index is 12.7. The van der Waals surface area contributed by atoms with Crippen LogP contribution in [0.2, 0.25) is 0 Å². The van der Waals surface area contributed by atoms with Crippen LogP contribution >= 0.6 is 11.3 Å². The quantitative estimate of drug-likeness (QED) is 0.771. The summed E-state index contributed by atoms with van der Waals surface area (Å²) >= 11 is 1.54. The minimum absolute atomic E-state index is 0.200. The molecule has 154 valence electrons. The zero-order valence-corrected chi connectivity index (χ0v) is 17.4. The van der Waals surface area contributed by atoms with Crippen LogP contribution in [-0.4, -0.2) is 72.7 Å². The fourth-order valence-electron chi connectivity index (χ4n) is 4.58. The van der Waals surface area contributed by atoms with E-state index < -0.39 is 0 Å². The molecular formula is C22H27N3O3S. The van der Waals surface area contributed by atoms with Crippen LogP contribution in [-0.2, 0) is 6.54 Å². The molecule has 1 amide bonds. The van der Waals surface area contributed by atoms with Crippen molar-refractivity contribution in [1.29, 1.82) is 0 Å². The molecule has 1 aromatic carbocycles. The van der Waals surface area contributed by atoms with Gasteiger partial charge in [0.25, 0.3) is 5.91 Å². The molecule has 0 bridgehead atoms. The van der Waals surface area contributed by atoms with Crippen LogP contribution in [0.4, 0.5) is 0 Å². The number of carbonyl (C=O) groups is 1. The van der Waals surface area contributed by atoms with Crippen LogP contribution in [0.3, 0.4) is 0 Å². The Morgan fingerprint density at radius 3 is 2.76 bits per heavy atom. The van der Waals surface area contributed by atoms with E-state index in [9.17, 15) is 4.79 Å². The molecule has 29 heavy (non-hydrogen) atoms.